The molecule has 1 aliphatic heterocycles. The molecular formula is C15H27NO4. The van der Waals surface area contributed by atoms with Gasteiger partial charge in [-0.25, -0.2) is 0 Å². The fourth-order valence-corrected chi connectivity index (χ4v) is 2.10. The molecule has 1 fully saturated rings. The summed E-state index contributed by atoms with van der Waals surface area (Å²) in [6.07, 6.45) is 4.85. The quantitative estimate of drug-likeness (QED) is 0.760. The molecule has 0 spiro atoms. The second-order valence-corrected chi connectivity index (χ2v) is 6.21. The van der Waals surface area contributed by atoms with Crippen molar-refractivity contribution in [3.63, 3.8) is 0 Å². The first-order chi connectivity index (χ1) is 9.37. The molecule has 0 radical (unpaired) electrons. The maximum Gasteiger partial charge on any atom is 0.306 e. The lowest BCUT2D eigenvalue weighted by atomic mass is 10.1. The predicted octanol–water partition coefficient (Wildman–Crippen LogP) is 2.18. The van der Waals surface area contributed by atoms with Crippen molar-refractivity contribution in [3.05, 3.63) is 0 Å². The third-order valence-corrected chi connectivity index (χ3v) is 3.04. The number of hydrogen-bond donors (Lipinski definition) is 1. The van der Waals surface area contributed by atoms with Crippen molar-refractivity contribution >= 4 is 11.9 Å². The SMILES string of the molecule is CC(C)(C)OC(=O)CCC(=O)NCCC1CCCCO1. The fraction of sp³-hybridized carbons (Fsp3) is 0.867. The second-order valence-electron chi connectivity index (χ2n) is 6.21. The Kier molecular flexibility index (Phi) is 6.99. The van der Waals surface area contributed by atoms with Gasteiger partial charge in [0.1, 0.15) is 5.60 Å². The normalized spacial score (nSPS) is 19.4. The number of hydrogen-bond acceptors (Lipinski definition) is 4. The highest BCUT2D eigenvalue weighted by Gasteiger charge is 2.17. The van der Waals surface area contributed by atoms with Crippen LogP contribution >= 0.6 is 0 Å². The van der Waals surface area contributed by atoms with Crippen LogP contribution in [-0.2, 0) is 19.1 Å². The van der Waals surface area contributed by atoms with Crippen LogP contribution in [0.5, 0.6) is 0 Å². The number of esters is 1. The fourth-order valence-electron chi connectivity index (χ4n) is 2.10. The van der Waals surface area contributed by atoms with Gasteiger partial charge in [-0.1, -0.05) is 0 Å². The number of nitrogens with one attached hydrogen (secondary N) is 1. The van der Waals surface area contributed by atoms with Gasteiger partial charge in [-0.05, 0) is 46.5 Å². The monoisotopic (exact) mass is 285 g/mol. The molecule has 1 heterocycles. The smallest absolute Gasteiger partial charge is 0.306 e. The lowest BCUT2D eigenvalue weighted by molar-refractivity contribution is -0.155. The average Bonchev–Trinajstić information content (AvgIpc) is 2.36. The van der Waals surface area contributed by atoms with Crippen molar-refractivity contribution in [2.75, 3.05) is 13.2 Å². The second kappa shape index (κ2) is 8.25. The van der Waals surface area contributed by atoms with Crippen molar-refractivity contribution in [2.24, 2.45) is 0 Å². The van der Waals surface area contributed by atoms with Crippen LogP contribution in [0, 0.1) is 0 Å². The zero-order valence-electron chi connectivity index (χ0n) is 12.9. The summed E-state index contributed by atoms with van der Waals surface area (Å²) < 4.78 is 10.7. The molecule has 116 valence electrons. The number of amides is 1. The van der Waals surface area contributed by atoms with E-state index in [1.807, 2.05) is 20.8 Å². The molecule has 0 aromatic heterocycles. The molecule has 1 amide bonds. The van der Waals surface area contributed by atoms with Gasteiger partial charge in [0.2, 0.25) is 5.91 Å². The lowest BCUT2D eigenvalue weighted by Crippen LogP contribution is -2.30. The summed E-state index contributed by atoms with van der Waals surface area (Å²) in [5, 5.41) is 2.82. The van der Waals surface area contributed by atoms with Crippen molar-refractivity contribution < 1.29 is 19.1 Å². The highest BCUT2D eigenvalue weighted by molar-refractivity contribution is 5.81. The molecule has 1 unspecified atom stereocenters. The van der Waals surface area contributed by atoms with Gasteiger partial charge in [-0.2, -0.15) is 0 Å². The molecule has 1 aliphatic rings. The summed E-state index contributed by atoms with van der Waals surface area (Å²) >= 11 is 0. The summed E-state index contributed by atoms with van der Waals surface area (Å²) in [6.45, 7) is 6.88. The molecule has 1 rings (SSSR count). The maximum absolute atomic E-state index is 11.6. The molecular weight excluding hydrogens is 258 g/mol. The first kappa shape index (κ1) is 17.0. The van der Waals surface area contributed by atoms with Crippen molar-refractivity contribution in [1.82, 2.24) is 5.32 Å². The molecule has 1 saturated heterocycles. The van der Waals surface area contributed by atoms with Crippen LogP contribution in [-0.4, -0.2) is 36.7 Å². The molecule has 0 aromatic rings. The van der Waals surface area contributed by atoms with E-state index in [1.54, 1.807) is 0 Å². The van der Waals surface area contributed by atoms with Crippen molar-refractivity contribution in [2.45, 2.75) is 71.0 Å². The van der Waals surface area contributed by atoms with Crippen LogP contribution in [0.25, 0.3) is 0 Å². The summed E-state index contributed by atoms with van der Waals surface area (Å²) in [7, 11) is 0. The number of carbonyl (C=O) groups is 2. The van der Waals surface area contributed by atoms with Gasteiger partial charge >= 0.3 is 5.97 Å². The Morgan fingerprint density at radius 2 is 2.00 bits per heavy atom. The average molecular weight is 285 g/mol. The number of ether oxygens (including phenoxy) is 2. The summed E-state index contributed by atoms with van der Waals surface area (Å²) in [5.41, 5.74) is -0.494. The minimum Gasteiger partial charge on any atom is -0.460 e. The van der Waals surface area contributed by atoms with Crippen LogP contribution in [0.2, 0.25) is 0 Å². The highest BCUT2D eigenvalue weighted by Crippen LogP contribution is 2.14. The van der Waals surface area contributed by atoms with E-state index in [0.29, 0.717) is 6.54 Å². The summed E-state index contributed by atoms with van der Waals surface area (Å²) in [4.78, 5) is 23.1. The zero-order valence-corrected chi connectivity index (χ0v) is 12.9. The van der Waals surface area contributed by atoms with Gasteiger partial charge in [-0.15, -0.1) is 0 Å². The Labute approximate surface area is 121 Å². The van der Waals surface area contributed by atoms with Crippen LogP contribution < -0.4 is 5.32 Å². The first-order valence-electron chi connectivity index (χ1n) is 7.47. The van der Waals surface area contributed by atoms with Crippen LogP contribution in [0.4, 0.5) is 0 Å². The van der Waals surface area contributed by atoms with Crippen LogP contribution in [0.1, 0.15) is 59.3 Å². The Morgan fingerprint density at radius 1 is 1.25 bits per heavy atom. The van der Waals surface area contributed by atoms with Gasteiger partial charge in [0, 0.05) is 19.6 Å². The third-order valence-electron chi connectivity index (χ3n) is 3.04. The van der Waals surface area contributed by atoms with Gasteiger partial charge in [0.05, 0.1) is 12.5 Å². The molecule has 1 atom stereocenters. The number of rotatable bonds is 6. The predicted molar refractivity (Wildman–Crippen MR) is 76.3 cm³/mol. The topological polar surface area (TPSA) is 64.6 Å². The summed E-state index contributed by atoms with van der Waals surface area (Å²) in [5.74, 6) is -0.435. The van der Waals surface area contributed by atoms with Gasteiger partial charge < -0.3 is 14.8 Å². The Bertz CT molecular complexity index is 316. The molecule has 5 heteroatoms. The van der Waals surface area contributed by atoms with Gasteiger partial charge in [0.15, 0.2) is 0 Å². The minimum absolute atomic E-state index is 0.105. The standard InChI is InChI=1S/C15H27NO4/c1-15(2,3)20-14(18)8-7-13(17)16-10-9-12-6-4-5-11-19-12/h12H,4-11H2,1-3H3,(H,16,17). The van der Waals surface area contributed by atoms with E-state index >= 15 is 0 Å². The molecule has 0 aromatic carbocycles. The summed E-state index contributed by atoms with van der Waals surface area (Å²) in [6, 6.07) is 0. The van der Waals surface area contributed by atoms with E-state index in [9.17, 15) is 9.59 Å². The van der Waals surface area contributed by atoms with Crippen LogP contribution in [0.15, 0.2) is 0 Å². The molecule has 0 saturated carbocycles. The molecule has 5 nitrogen and oxygen atoms in total. The Balaban J connectivity index is 2.06. The third kappa shape index (κ3) is 8.15. The Morgan fingerprint density at radius 3 is 2.60 bits per heavy atom. The molecule has 0 aliphatic carbocycles. The lowest BCUT2D eigenvalue weighted by Gasteiger charge is -2.22. The number of carbonyl (C=O) groups excluding carboxylic acids is 2. The highest BCUT2D eigenvalue weighted by atomic mass is 16.6. The largest absolute Gasteiger partial charge is 0.460 e. The van der Waals surface area contributed by atoms with E-state index in [1.165, 1.54) is 6.42 Å². The first-order valence-corrected chi connectivity index (χ1v) is 7.47. The Hall–Kier alpha value is -1.10. The van der Waals surface area contributed by atoms with Crippen LogP contribution in [0.3, 0.4) is 0 Å². The maximum atomic E-state index is 11.6. The van der Waals surface area contributed by atoms with E-state index < -0.39 is 5.60 Å². The van der Waals surface area contributed by atoms with E-state index in [4.69, 9.17) is 9.47 Å². The van der Waals surface area contributed by atoms with E-state index in [-0.39, 0.29) is 30.8 Å². The van der Waals surface area contributed by atoms with E-state index in [0.717, 1.165) is 25.9 Å². The minimum atomic E-state index is -0.494. The van der Waals surface area contributed by atoms with Gasteiger partial charge in [0.25, 0.3) is 0 Å². The van der Waals surface area contributed by atoms with E-state index in [2.05, 4.69) is 5.32 Å². The molecule has 20 heavy (non-hydrogen) atoms. The van der Waals surface area contributed by atoms with Crippen molar-refractivity contribution in [3.8, 4) is 0 Å². The van der Waals surface area contributed by atoms with Crippen molar-refractivity contribution in [1.29, 1.82) is 0 Å². The zero-order chi connectivity index (χ0) is 15.0. The van der Waals surface area contributed by atoms with Gasteiger partial charge in [-0.3, -0.25) is 9.59 Å². The molecule has 0 bridgehead atoms. The molecule has 1 N–H and O–H groups in total.